The number of hydrogen-bond acceptors (Lipinski definition) is 2. The third kappa shape index (κ3) is 3.81. The third-order valence-electron chi connectivity index (χ3n) is 3.99. The van der Waals surface area contributed by atoms with Gasteiger partial charge in [-0.1, -0.05) is 11.6 Å². The van der Waals surface area contributed by atoms with Gasteiger partial charge in [0.2, 0.25) is 11.8 Å². The lowest BCUT2D eigenvalue weighted by Gasteiger charge is -2.27. The summed E-state index contributed by atoms with van der Waals surface area (Å²) in [7, 11) is 1.51. The van der Waals surface area contributed by atoms with Crippen LogP contribution < -0.4 is 10.6 Å². The van der Waals surface area contributed by atoms with Crippen LogP contribution in [0.15, 0.2) is 18.2 Å². The van der Waals surface area contributed by atoms with Crippen molar-refractivity contribution >= 4 is 17.5 Å². The highest BCUT2D eigenvalue weighted by Crippen LogP contribution is 2.36. The molecule has 0 atom stereocenters. The fraction of sp³-hybridized carbons (Fsp3) is 0.500. The summed E-state index contributed by atoms with van der Waals surface area (Å²) < 4.78 is 26.3. The smallest absolute Gasteiger partial charge is 0.253 e. The summed E-state index contributed by atoms with van der Waals surface area (Å²) in [5, 5.41) is 5.23. The molecule has 1 aliphatic rings. The third-order valence-corrected chi connectivity index (χ3v) is 3.99. The van der Waals surface area contributed by atoms with E-state index in [0.29, 0.717) is 11.3 Å². The highest BCUT2D eigenvalue weighted by Gasteiger charge is 2.37. The molecule has 0 spiro atoms. The number of amides is 2. The first-order chi connectivity index (χ1) is 10.3. The Labute approximate surface area is 128 Å². The molecule has 1 aromatic rings. The van der Waals surface area contributed by atoms with Gasteiger partial charge in [-0.15, -0.1) is 0 Å². The van der Waals surface area contributed by atoms with Gasteiger partial charge >= 0.3 is 0 Å². The molecule has 2 N–H and O–H groups in total. The normalized spacial score (nSPS) is 17.8. The van der Waals surface area contributed by atoms with Crippen molar-refractivity contribution < 1.29 is 18.4 Å². The van der Waals surface area contributed by atoms with Gasteiger partial charge in [0.15, 0.2) is 0 Å². The van der Waals surface area contributed by atoms with Gasteiger partial charge in [0.05, 0.1) is 11.3 Å². The van der Waals surface area contributed by atoms with Gasteiger partial charge in [-0.25, -0.2) is 8.78 Å². The Morgan fingerprint density at radius 3 is 2.45 bits per heavy atom. The lowest BCUT2D eigenvalue weighted by atomic mass is 9.86. The molecule has 2 rings (SSSR count). The van der Waals surface area contributed by atoms with Gasteiger partial charge in [0.25, 0.3) is 5.91 Å². The second-order valence-electron chi connectivity index (χ2n) is 5.75. The average molecular weight is 310 g/mol. The maximum absolute atomic E-state index is 13.1. The van der Waals surface area contributed by atoms with Crippen molar-refractivity contribution in [2.45, 2.75) is 38.5 Å². The number of nitrogens with one attached hydrogen (secondary N) is 2. The molecule has 2 amide bonds. The van der Waals surface area contributed by atoms with Crippen LogP contribution in [0.3, 0.4) is 0 Å². The van der Waals surface area contributed by atoms with Crippen LogP contribution in [-0.4, -0.2) is 24.8 Å². The van der Waals surface area contributed by atoms with Crippen LogP contribution in [0.25, 0.3) is 0 Å². The Kier molecular flexibility index (Phi) is 4.78. The second-order valence-corrected chi connectivity index (χ2v) is 5.75. The molecule has 1 saturated carbocycles. The van der Waals surface area contributed by atoms with E-state index in [4.69, 9.17) is 0 Å². The molecule has 1 aromatic carbocycles. The van der Waals surface area contributed by atoms with Crippen molar-refractivity contribution in [1.29, 1.82) is 0 Å². The van der Waals surface area contributed by atoms with E-state index in [1.165, 1.54) is 7.05 Å². The maximum Gasteiger partial charge on any atom is 0.253 e. The average Bonchev–Trinajstić information content (AvgIpc) is 2.48. The van der Waals surface area contributed by atoms with Crippen LogP contribution in [0.5, 0.6) is 0 Å². The van der Waals surface area contributed by atoms with Crippen LogP contribution in [0.2, 0.25) is 0 Å². The number of rotatable bonds is 3. The van der Waals surface area contributed by atoms with E-state index in [9.17, 15) is 18.4 Å². The number of hydrogen-bond donors (Lipinski definition) is 2. The van der Waals surface area contributed by atoms with Gasteiger partial charge in [-0.05, 0) is 31.9 Å². The van der Waals surface area contributed by atoms with Crippen molar-refractivity contribution in [3.8, 4) is 0 Å². The molecule has 1 aliphatic carbocycles. The molecule has 0 saturated heterocycles. The Morgan fingerprint density at radius 2 is 1.86 bits per heavy atom. The molecule has 0 aromatic heterocycles. The molecule has 0 aliphatic heterocycles. The number of carbonyl (C=O) groups is 2. The number of anilines is 1. The summed E-state index contributed by atoms with van der Waals surface area (Å²) >= 11 is 0. The zero-order chi connectivity index (χ0) is 16.3. The maximum atomic E-state index is 13.1. The van der Waals surface area contributed by atoms with Crippen LogP contribution in [0, 0.1) is 12.8 Å². The zero-order valence-electron chi connectivity index (χ0n) is 12.7. The minimum atomic E-state index is -2.66. The zero-order valence-corrected chi connectivity index (χ0v) is 12.7. The molecule has 0 bridgehead atoms. The van der Waals surface area contributed by atoms with Gasteiger partial charge < -0.3 is 10.6 Å². The van der Waals surface area contributed by atoms with E-state index in [2.05, 4.69) is 10.6 Å². The predicted octanol–water partition coefficient (Wildman–Crippen LogP) is 3.12. The quantitative estimate of drug-likeness (QED) is 0.901. The summed E-state index contributed by atoms with van der Waals surface area (Å²) in [6.07, 6.45) is -0.192. The van der Waals surface area contributed by atoms with Crippen molar-refractivity contribution in [2.24, 2.45) is 5.92 Å². The summed E-state index contributed by atoms with van der Waals surface area (Å²) in [5.74, 6) is -3.69. The van der Waals surface area contributed by atoms with Crippen molar-refractivity contribution in [2.75, 3.05) is 12.4 Å². The first-order valence-electron chi connectivity index (χ1n) is 7.34. The fourth-order valence-corrected chi connectivity index (χ4v) is 2.63. The highest BCUT2D eigenvalue weighted by atomic mass is 19.3. The van der Waals surface area contributed by atoms with Crippen molar-refractivity contribution in [3.63, 3.8) is 0 Å². The first kappa shape index (κ1) is 16.4. The first-order valence-corrected chi connectivity index (χ1v) is 7.34. The Morgan fingerprint density at radius 1 is 1.23 bits per heavy atom. The summed E-state index contributed by atoms with van der Waals surface area (Å²) in [4.78, 5) is 24.1. The van der Waals surface area contributed by atoms with Gasteiger partial charge in [-0.2, -0.15) is 0 Å². The SMILES string of the molecule is CNC(=O)c1cc(C)ccc1NC(=O)C1CCC(F)(F)CC1. The molecule has 0 unspecified atom stereocenters. The Bertz CT molecular complexity index is 578. The molecule has 0 radical (unpaired) electrons. The standard InChI is InChI=1S/C16H20F2N2O2/c1-10-3-4-13(12(9-10)15(22)19-2)20-14(21)11-5-7-16(17,18)8-6-11/h3-4,9,11H,5-8H2,1-2H3,(H,19,22)(H,20,21). The molecule has 120 valence electrons. The summed E-state index contributed by atoms with van der Waals surface area (Å²) in [6.45, 7) is 1.85. The van der Waals surface area contributed by atoms with Gasteiger partial charge in [0, 0.05) is 25.8 Å². The van der Waals surface area contributed by atoms with Crippen LogP contribution in [0.4, 0.5) is 14.5 Å². The van der Waals surface area contributed by atoms with Gasteiger partial charge in [-0.3, -0.25) is 9.59 Å². The number of alkyl halides is 2. The monoisotopic (exact) mass is 310 g/mol. The fourth-order valence-electron chi connectivity index (χ4n) is 2.63. The number of aryl methyl sites for hydroxylation is 1. The van der Waals surface area contributed by atoms with E-state index < -0.39 is 11.8 Å². The largest absolute Gasteiger partial charge is 0.355 e. The number of halogens is 2. The molecule has 1 fully saturated rings. The van der Waals surface area contributed by atoms with Crippen LogP contribution in [-0.2, 0) is 4.79 Å². The lowest BCUT2D eigenvalue weighted by molar-refractivity contribution is -0.124. The molecule has 4 nitrogen and oxygen atoms in total. The van der Waals surface area contributed by atoms with E-state index >= 15 is 0 Å². The van der Waals surface area contributed by atoms with Gasteiger partial charge in [0.1, 0.15) is 0 Å². The second kappa shape index (κ2) is 6.42. The van der Waals surface area contributed by atoms with E-state index in [0.717, 1.165) is 5.56 Å². The topological polar surface area (TPSA) is 58.2 Å². The Balaban J connectivity index is 2.10. The number of benzene rings is 1. The summed E-state index contributed by atoms with van der Waals surface area (Å²) in [5.41, 5.74) is 1.68. The van der Waals surface area contributed by atoms with Crippen molar-refractivity contribution in [1.82, 2.24) is 5.32 Å². The predicted molar refractivity (Wildman–Crippen MR) is 80.1 cm³/mol. The minimum absolute atomic E-state index is 0.167. The van der Waals surface area contributed by atoms with Crippen LogP contribution in [0.1, 0.15) is 41.6 Å². The summed E-state index contributed by atoms with van der Waals surface area (Å²) in [6, 6.07) is 5.13. The minimum Gasteiger partial charge on any atom is -0.355 e. The highest BCUT2D eigenvalue weighted by molar-refractivity contribution is 6.04. The molecular weight excluding hydrogens is 290 g/mol. The molecule has 0 heterocycles. The van der Waals surface area contributed by atoms with E-state index in [1.807, 2.05) is 6.92 Å². The lowest BCUT2D eigenvalue weighted by Crippen LogP contribution is -2.32. The molecule has 6 heteroatoms. The van der Waals surface area contributed by atoms with Crippen molar-refractivity contribution in [3.05, 3.63) is 29.3 Å². The van der Waals surface area contributed by atoms with Crippen LogP contribution >= 0.6 is 0 Å². The Hall–Kier alpha value is -1.98. The van der Waals surface area contributed by atoms with E-state index in [-0.39, 0.29) is 37.5 Å². The molecule has 22 heavy (non-hydrogen) atoms. The number of carbonyl (C=O) groups excluding carboxylic acids is 2. The van der Waals surface area contributed by atoms with E-state index in [1.54, 1.807) is 18.2 Å². The molecular formula is C16H20F2N2O2.